The predicted octanol–water partition coefficient (Wildman–Crippen LogP) is 3.86. The van der Waals surface area contributed by atoms with Gasteiger partial charge in [-0.3, -0.25) is 0 Å². The van der Waals surface area contributed by atoms with E-state index in [4.69, 9.17) is 16.0 Å². The molecule has 0 aliphatic rings. The molecule has 2 aromatic rings. The van der Waals surface area contributed by atoms with E-state index in [0.717, 1.165) is 0 Å². The molecule has 1 heterocycles. The van der Waals surface area contributed by atoms with Gasteiger partial charge in [0.25, 0.3) is 0 Å². The van der Waals surface area contributed by atoms with Gasteiger partial charge < -0.3 is 4.42 Å². The molecule has 17 heavy (non-hydrogen) atoms. The van der Waals surface area contributed by atoms with Gasteiger partial charge in [0, 0.05) is 11.6 Å². The van der Waals surface area contributed by atoms with Crippen LogP contribution in [0, 0.1) is 11.6 Å². The molecule has 2 rings (SSSR count). The number of hydrogen-bond donors (Lipinski definition) is 0. The second-order valence-corrected chi connectivity index (χ2v) is 3.55. The molecule has 0 spiro atoms. The Morgan fingerprint density at radius 2 is 1.94 bits per heavy atom. The summed E-state index contributed by atoms with van der Waals surface area (Å²) in [7, 11) is 0. The molecule has 0 fully saturated rings. The van der Waals surface area contributed by atoms with E-state index in [1.807, 2.05) is 0 Å². The van der Waals surface area contributed by atoms with Gasteiger partial charge in [0.05, 0.1) is 11.6 Å². The topological polar surface area (TPSA) is 26.0 Å². The molecule has 88 valence electrons. The van der Waals surface area contributed by atoms with E-state index in [2.05, 4.69) is 4.98 Å². The molecule has 0 aliphatic heterocycles. The zero-order valence-electron chi connectivity index (χ0n) is 8.66. The van der Waals surface area contributed by atoms with Gasteiger partial charge >= 0.3 is 0 Å². The first-order valence-electron chi connectivity index (χ1n) is 4.83. The molecule has 2 nitrogen and oxygen atoms in total. The van der Waals surface area contributed by atoms with Crippen molar-refractivity contribution < 1.29 is 13.2 Å². The van der Waals surface area contributed by atoms with Crippen molar-refractivity contribution in [3.05, 3.63) is 53.2 Å². The zero-order chi connectivity index (χ0) is 12.3. The van der Waals surface area contributed by atoms with Gasteiger partial charge in [0.1, 0.15) is 17.9 Å². The minimum absolute atomic E-state index is 0.127. The molecule has 0 saturated heterocycles. The summed E-state index contributed by atoms with van der Waals surface area (Å²) in [6, 6.07) is 3.67. The quantitative estimate of drug-likeness (QED) is 0.779. The minimum atomic E-state index is -0.634. The maximum absolute atomic E-state index is 13.3. The highest BCUT2D eigenvalue weighted by atomic mass is 35.5. The molecular formula is C12H8ClF2NO. The summed E-state index contributed by atoms with van der Waals surface area (Å²) in [6.07, 6.45) is 4.05. The summed E-state index contributed by atoms with van der Waals surface area (Å²) in [5, 5.41) is 0. The summed E-state index contributed by atoms with van der Waals surface area (Å²) in [5.74, 6) is -0.787. The van der Waals surface area contributed by atoms with Crippen LogP contribution in [-0.2, 0) is 5.88 Å². The molecule has 0 N–H and O–H groups in total. The molecule has 1 aromatic heterocycles. The van der Waals surface area contributed by atoms with Gasteiger partial charge in [-0.1, -0.05) is 6.07 Å². The van der Waals surface area contributed by atoms with E-state index in [1.54, 1.807) is 0 Å². The van der Waals surface area contributed by atoms with Crippen LogP contribution in [0.5, 0.6) is 0 Å². The first kappa shape index (κ1) is 11.8. The fourth-order valence-corrected chi connectivity index (χ4v) is 1.41. The highest BCUT2D eigenvalue weighted by molar-refractivity contribution is 6.16. The highest BCUT2D eigenvalue weighted by Crippen LogP contribution is 2.15. The molecule has 5 heteroatoms. The third kappa shape index (κ3) is 2.71. The Morgan fingerprint density at radius 1 is 1.24 bits per heavy atom. The summed E-state index contributed by atoms with van der Waals surface area (Å²) in [6.45, 7) is 0. The molecule has 0 amide bonds. The van der Waals surface area contributed by atoms with Crippen molar-refractivity contribution >= 4 is 23.8 Å². The molecule has 0 atom stereocenters. The first-order chi connectivity index (χ1) is 8.20. The van der Waals surface area contributed by atoms with Crippen LogP contribution in [0.3, 0.4) is 0 Å². The van der Waals surface area contributed by atoms with Crippen LogP contribution in [0.15, 0.2) is 28.9 Å². The fraction of sp³-hybridized carbons (Fsp3) is 0.0833. The van der Waals surface area contributed by atoms with E-state index in [-0.39, 0.29) is 17.3 Å². The Labute approximate surface area is 102 Å². The van der Waals surface area contributed by atoms with Crippen molar-refractivity contribution in [3.8, 4) is 0 Å². The molecular weight excluding hydrogens is 248 g/mol. The lowest BCUT2D eigenvalue weighted by atomic mass is 10.2. The van der Waals surface area contributed by atoms with Crippen LogP contribution < -0.4 is 0 Å². The van der Waals surface area contributed by atoms with Gasteiger partial charge in [-0.2, -0.15) is 0 Å². The first-order valence-corrected chi connectivity index (χ1v) is 5.36. The standard InChI is InChI=1S/C12H8ClF2NO/c13-6-8-7-17-12(16-8)5-4-9-10(14)2-1-3-11(9)15/h1-5,7H,6H2/b5-4+. The number of alkyl halides is 1. The molecule has 0 saturated carbocycles. The highest BCUT2D eigenvalue weighted by Gasteiger charge is 2.05. The summed E-state index contributed by atoms with van der Waals surface area (Å²) < 4.78 is 31.6. The molecule has 0 bridgehead atoms. The Balaban J connectivity index is 2.25. The predicted molar refractivity (Wildman–Crippen MR) is 61.3 cm³/mol. The second-order valence-electron chi connectivity index (χ2n) is 3.28. The fourth-order valence-electron chi connectivity index (χ4n) is 1.29. The van der Waals surface area contributed by atoms with Crippen LogP contribution >= 0.6 is 11.6 Å². The number of aromatic nitrogens is 1. The van der Waals surface area contributed by atoms with Gasteiger partial charge in [-0.05, 0) is 18.2 Å². The van der Waals surface area contributed by atoms with Crippen molar-refractivity contribution in [2.24, 2.45) is 0 Å². The molecule has 0 aliphatic carbocycles. The lowest BCUT2D eigenvalue weighted by Crippen LogP contribution is -1.87. The number of benzene rings is 1. The second kappa shape index (κ2) is 5.10. The maximum atomic E-state index is 13.3. The van der Waals surface area contributed by atoms with Crippen LogP contribution in [0.4, 0.5) is 8.78 Å². The number of nitrogens with zero attached hydrogens (tertiary/aromatic N) is 1. The summed E-state index contributed by atoms with van der Waals surface area (Å²) in [4.78, 5) is 3.97. The average molecular weight is 256 g/mol. The summed E-state index contributed by atoms with van der Waals surface area (Å²) >= 11 is 5.54. The summed E-state index contributed by atoms with van der Waals surface area (Å²) in [5.41, 5.74) is 0.443. The van der Waals surface area contributed by atoms with E-state index in [0.29, 0.717) is 5.69 Å². The molecule has 0 radical (unpaired) electrons. The Bertz CT molecular complexity index is 531. The van der Waals surface area contributed by atoms with Gasteiger partial charge in [-0.15, -0.1) is 11.6 Å². The smallest absolute Gasteiger partial charge is 0.218 e. The molecule has 0 unspecified atom stereocenters. The SMILES string of the molecule is Fc1cccc(F)c1/C=C/c1nc(CCl)co1. The average Bonchev–Trinajstić information content (AvgIpc) is 2.76. The molecule has 1 aromatic carbocycles. The lowest BCUT2D eigenvalue weighted by molar-refractivity contribution is 0.546. The number of oxazole rings is 1. The maximum Gasteiger partial charge on any atom is 0.218 e. The van der Waals surface area contributed by atoms with E-state index in [1.165, 1.54) is 36.6 Å². The Hall–Kier alpha value is -1.68. The van der Waals surface area contributed by atoms with Crippen molar-refractivity contribution in [1.29, 1.82) is 0 Å². The van der Waals surface area contributed by atoms with Crippen molar-refractivity contribution in [2.45, 2.75) is 5.88 Å². The minimum Gasteiger partial charge on any atom is -0.445 e. The largest absolute Gasteiger partial charge is 0.445 e. The van der Waals surface area contributed by atoms with Crippen molar-refractivity contribution in [2.75, 3.05) is 0 Å². The van der Waals surface area contributed by atoms with Crippen molar-refractivity contribution in [1.82, 2.24) is 4.98 Å². The van der Waals surface area contributed by atoms with Crippen LogP contribution in [0.1, 0.15) is 17.1 Å². The number of halogens is 3. The third-order valence-electron chi connectivity index (χ3n) is 2.10. The number of rotatable bonds is 3. The lowest BCUT2D eigenvalue weighted by Gasteiger charge is -1.97. The van der Waals surface area contributed by atoms with Gasteiger partial charge in [0.2, 0.25) is 5.89 Å². The third-order valence-corrected chi connectivity index (χ3v) is 2.37. The van der Waals surface area contributed by atoms with Crippen LogP contribution in [0.2, 0.25) is 0 Å². The van der Waals surface area contributed by atoms with Gasteiger partial charge in [0.15, 0.2) is 0 Å². The van der Waals surface area contributed by atoms with Crippen molar-refractivity contribution in [3.63, 3.8) is 0 Å². The Kier molecular flexibility index (Phi) is 3.54. The van der Waals surface area contributed by atoms with E-state index >= 15 is 0 Å². The van der Waals surface area contributed by atoms with E-state index in [9.17, 15) is 8.78 Å². The zero-order valence-corrected chi connectivity index (χ0v) is 9.42. The van der Waals surface area contributed by atoms with Crippen LogP contribution in [-0.4, -0.2) is 4.98 Å². The van der Waals surface area contributed by atoms with Crippen LogP contribution in [0.25, 0.3) is 12.2 Å². The number of hydrogen-bond acceptors (Lipinski definition) is 2. The van der Waals surface area contributed by atoms with E-state index < -0.39 is 11.6 Å². The monoisotopic (exact) mass is 255 g/mol. The normalized spacial score (nSPS) is 11.2. The Morgan fingerprint density at radius 3 is 2.53 bits per heavy atom. The van der Waals surface area contributed by atoms with Gasteiger partial charge in [-0.25, -0.2) is 13.8 Å².